The first-order valence-electron chi connectivity index (χ1n) is 6.86. The predicted molar refractivity (Wildman–Crippen MR) is 82.6 cm³/mol. The van der Waals surface area contributed by atoms with Gasteiger partial charge in [0.25, 0.3) is 0 Å². The molecule has 0 radical (unpaired) electrons. The number of rotatable bonds is 6. The molecule has 0 spiro atoms. The summed E-state index contributed by atoms with van der Waals surface area (Å²) in [4.78, 5) is 0.185. The van der Waals surface area contributed by atoms with Crippen molar-refractivity contribution in [1.29, 1.82) is 0 Å². The van der Waals surface area contributed by atoms with Gasteiger partial charge >= 0.3 is 0 Å². The van der Waals surface area contributed by atoms with Crippen LogP contribution in [-0.2, 0) is 19.9 Å². The zero-order chi connectivity index (χ0) is 15.5. The van der Waals surface area contributed by atoms with E-state index in [2.05, 4.69) is 10.0 Å². The zero-order valence-electron chi connectivity index (χ0n) is 11.9. The minimum atomic E-state index is -3.59. The lowest BCUT2D eigenvalue weighted by molar-refractivity contribution is 0.543. The second-order valence-electron chi connectivity index (χ2n) is 5.18. The van der Waals surface area contributed by atoms with Crippen LogP contribution in [0, 0.1) is 5.92 Å². The van der Waals surface area contributed by atoms with Crippen molar-refractivity contribution in [1.82, 2.24) is 4.72 Å². The van der Waals surface area contributed by atoms with Crippen LogP contribution in [0.15, 0.2) is 29.2 Å². The molecule has 0 saturated carbocycles. The van der Waals surface area contributed by atoms with Crippen LogP contribution in [0.2, 0.25) is 0 Å². The van der Waals surface area contributed by atoms with Crippen molar-refractivity contribution >= 4 is 25.5 Å². The number of sulfone groups is 1. The van der Waals surface area contributed by atoms with E-state index < -0.39 is 19.9 Å². The van der Waals surface area contributed by atoms with Crippen molar-refractivity contribution in [2.24, 2.45) is 5.92 Å². The van der Waals surface area contributed by atoms with Crippen LogP contribution in [0.4, 0.5) is 5.69 Å². The summed E-state index contributed by atoms with van der Waals surface area (Å²) in [5, 5.41) is 3.09. The van der Waals surface area contributed by atoms with E-state index in [1.54, 1.807) is 12.1 Å². The van der Waals surface area contributed by atoms with Gasteiger partial charge in [0.1, 0.15) is 0 Å². The van der Waals surface area contributed by atoms with Gasteiger partial charge in [-0.05, 0) is 43.5 Å². The molecule has 1 saturated heterocycles. The number of benzene rings is 1. The average Bonchev–Trinajstić information content (AvgIpc) is 2.77. The molecule has 6 nitrogen and oxygen atoms in total. The van der Waals surface area contributed by atoms with Crippen molar-refractivity contribution in [2.45, 2.75) is 18.2 Å². The van der Waals surface area contributed by atoms with E-state index in [0.717, 1.165) is 12.2 Å². The van der Waals surface area contributed by atoms with Gasteiger partial charge in [-0.15, -0.1) is 0 Å². The molecule has 1 aliphatic heterocycles. The molecule has 0 bridgehead atoms. The van der Waals surface area contributed by atoms with E-state index in [-0.39, 0.29) is 28.9 Å². The number of hydrogen-bond acceptors (Lipinski definition) is 5. The molecule has 0 amide bonds. The lowest BCUT2D eigenvalue weighted by Crippen LogP contribution is -2.29. The fourth-order valence-electron chi connectivity index (χ4n) is 2.30. The highest BCUT2D eigenvalue weighted by atomic mass is 32.2. The van der Waals surface area contributed by atoms with Crippen molar-refractivity contribution in [3.63, 3.8) is 0 Å². The van der Waals surface area contributed by atoms with Crippen molar-refractivity contribution < 1.29 is 16.8 Å². The zero-order valence-corrected chi connectivity index (χ0v) is 13.5. The molecule has 0 aliphatic carbocycles. The molecule has 2 N–H and O–H groups in total. The fraction of sp³-hybridized carbons (Fsp3) is 0.538. The molecule has 21 heavy (non-hydrogen) atoms. The minimum absolute atomic E-state index is 0.0644. The Morgan fingerprint density at radius 2 is 1.90 bits per heavy atom. The van der Waals surface area contributed by atoms with Gasteiger partial charge in [0, 0.05) is 18.8 Å². The van der Waals surface area contributed by atoms with Crippen LogP contribution in [0.5, 0.6) is 0 Å². The molecular formula is C13H20N2O4S2. The Morgan fingerprint density at radius 3 is 2.43 bits per heavy atom. The van der Waals surface area contributed by atoms with Gasteiger partial charge in [-0.25, -0.2) is 21.6 Å². The number of anilines is 1. The van der Waals surface area contributed by atoms with E-state index in [4.69, 9.17) is 0 Å². The van der Waals surface area contributed by atoms with E-state index >= 15 is 0 Å². The van der Waals surface area contributed by atoms with Crippen LogP contribution in [0.25, 0.3) is 0 Å². The van der Waals surface area contributed by atoms with Crippen LogP contribution in [0.1, 0.15) is 13.3 Å². The molecular weight excluding hydrogens is 312 g/mol. The Bertz CT molecular complexity index is 681. The maximum absolute atomic E-state index is 12.1. The summed E-state index contributed by atoms with van der Waals surface area (Å²) in [6, 6.07) is 6.48. The molecule has 8 heteroatoms. The van der Waals surface area contributed by atoms with E-state index in [9.17, 15) is 16.8 Å². The molecule has 1 aliphatic rings. The maximum Gasteiger partial charge on any atom is 0.240 e. The second kappa shape index (κ2) is 6.33. The highest BCUT2D eigenvalue weighted by Gasteiger charge is 2.28. The normalized spacial score (nSPS) is 21.3. The molecule has 2 rings (SSSR count). The first kappa shape index (κ1) is 16.3. The maximum atomic E-state index is 12.1. The monoisotopic (exact) mass is 332 g/mol. The molecule has 0 aromatic heterocycles. The second-order valence-corrected chi connectivity index (χ2v) is 9.17. The molecule has 1 unspecified atom stereocenters. The Kier molecular flexibility index (Phi) is 4.90. The summed E-state index contributed by atoms with van der Waals surface area (Å²) in [5.41, 5.74) is 0.860. The number of hydrogen-bond donors (Lipinski definition) is 2. The summed E-state index contributed by atoms with van der Waals surface area (Å²) in [5.74, 6) is 0.0804. The minimum Gasteiger partial charge on any atom is -0.385 e. The van der Waals surface area contributed by atoms with Crippen molar-refractivity contribution in [3.05, 3.63) is 24.3 Å². The molecule has 1 atom stereocenters. The third kappa shape index (κ3) is 4.42. The average molecular weight is 332 g/mol. The summed E-state index contributed by atoms with van der Waals surface area (Å²) >= 11 is 0. The van der Waals surface area contributed by atoms with Crippen LogP contribution in [0.3, 0.4) is 0 Å². The number of sulfonamides is 1. The standard InChI is InChI=1S/C13H20N2O4S2/c1-2-14-12-3-5-13(6-4-12)21(18,19)15-9-11-7-8-20(16,17)10-11/h3-6,11,14-15H,2,7-10H2,1H3. The Labute approximate surface area is 125 Å². The van der Waals surface area contributed by atoms with Gasteiger partial charge < -0.3 is 5.32 Å². The molecule has 1 aromatic carbocycles. The quantitative estimate of drug-likeness (QED) is 0.805. The first-order chi connectivity index (χ1) is 9.82. The topological polar surface area (TPSA) is 92.3 Å². The largest absolute Gasteiger partial charge is 0.385 e. The molecule has 1 aromatic rings. The lowest BCUT2D eigenvalue weighted by atomic mass is 10.1. The van der Waals surface area contributed by atoms with Crippen LogP contribution in [-0.4, -0.2) is 41.4 Å². The smallest absolute Gasteiger partial charge is 0.240 e. The van der Waals surface area contributed by atoms with Gasteiger partial charge in [-0.2, -0.15) is 0 Å². The Balaban J connectivity index is 1.98. The van der Waals surface area contributed by atoms with Gasteiger partial charge in [0.05, 0.1) is 16.4 Å². The SMILES string of the molecule is CCNc1ccc(S(=O)(=O)NCC2CCS(=O)(=O)C2)cc1. The van der Waals surface area contributed by atoms with Gasteiger partial charge in [-0.3, -0.25) is 0 Å². The van der Waals surface area contributed by atoms with Crippen LogP contribution < -0.4 is 10.0 Å². The van der Waals surface area contributed by atoms with Crippen LogP contribution >= 0.6 is 0 Å². The highest BCUT2D eigenvalue weighted by Crippen LogP contribution is 2.19. The third-order valence-corrected chi connectivity index (χ3v) is 6.71. The molecule has 118 valence electrons. The third-order valence-electron chi connectivity index (χ3n) is 3.43. The van der Waals surface area contributed by atoms with Gasteiger partial charge in [0.15, 0.2) is 9.84 Å². The highest BCUT2D eigenvalue weighted by molar-refractivity contribution is 7.91. The Morgan fingerprint density at radius 1 is 1.24 bits per heavy atom. The summed E-state index contributed by atoms with van der Waals surface area (Å²) in [6.07, 6.45) is 0.518. The number of nitrogens with one attached hydrogen (secondary N) is 2. The fourth-order valence-corrected chi connectivity index (χ4v) is 5.28. The Hall–Kier alpha value is -1.12. The van der Waals surface area contributed by atoms with Gasteiger partial charge in [-0.1, -0.05) is 0 Å². The van der Waals surface area contributed by atoms with E-state index in [0.29, 0.717) is 6.42 Å². The summed E-state index contributed by atoms with van der Waals surface area (Å²) < 4.78 is 49.5. The van der Waals surface area contributed by atoms with Crippen molar-refractivity contribution in [2.75, 3.05) is 29.9 Å². The molecule has 1 fully saturated rings. The van der Waals surface area contributed by atoms with E-state index in [1.807, 2.05) is 6.92 Å². The van der Waals surface area contributed by atoms with E-state index in [1.165, 1.54) is 12.1 Å². The van der Waals surface area contributed by atoms with Gasteiger partial charge in [0.2, 0.25) is 10.0 Å². The molecule has 1 heterocycles. The first-order valence-corrected chi connectivity index (χ1v) is 10.2. The van der Waals surface area contributed by atoms with Crippen molar-refractivity contribution in [3.8, 4) is 0 Å². The lowest BCUT2D eigenvalue weighted by Gasteiger charge is -2.11. The summed E-state index contributed by atoms with van der Waals surface area (Å²) in [6.45, 7) is 2.89. The summed E-state index contributed by atoms with van der Waals surface area (Å²) in [7, 11) is -6.57. The predicted octanol–water partition coefficient (Wildman–Crippen LogP) is 0.831.